The van der Waals surface area contributed by atoms with Crippen molar-refractivity contribution in [1.82, 2.24) is 10.2 Å². The maximum absolute atomic E-state index is 12.9. The number of amides is 1. The summed E-state index contributed by atoms with van der Waals surface area (Å²) in [7, 11) is 4.68. The van der Waals surface area contributed by atoms with Gasteiger partial charge in [-0.2, -0.15) is 0 Å². The molecule has 1 saturated heterocycles. The van der Waals surface area contributed by atoms with Gasteiger partial charge in [-0.25, -0.2) is 0 Å². The summed E-state index contributed by atoms with van der Waals surface area (Å²) in [6.45, 7) is 2.10. The molecule has 0 aromatic heterocycles. The number of nitrogens with zero attached hydrogens (tertiary/aromatic N) is 1. The molecule has 1 atom stereocenters. The van der Waals surface area contributed by atoms with Crippen LogP contribution in [0.4, 0.5) is 0 Å². The molecule has 0 unspecified atom stereocenters. The topological polar surface area (TPSA) is 60.0 Å². The Morgan fingerprint density at radius 2 is 1.57 bits per heavy atom. The fourth-order valence-corrected chi connectivity index (χ4v) is 4.56. The maximum atomic E-state index is 12.9. The summed E-state index contributed by atoms with van der Waals surface area (Å²) in [6.07, 6.45) is 10.2. The number of hydrogen-bond acceptors (Lipinski definition) is 5. The number of benzene rings is 1. The van der Waals surface area contributed by atoms with E-state index in [0.717, 1.165) is 25.9 Å². The van der Waals surface area contributed by atoms with Gasteiger partial charge in [0.25, 0.3) is 5.91 Å². The molecule has 3 rings (SSSR count). The van der Waals surface area contributed by atoms with E-state index < -0.39 is 0 Å². The smallest absolute Gasteiger partial charge is 0.251 e. The van der Waals surface area contributed by atoms with Crippen LogP contribution in [0.15, 0.2) is 12.1 Å². The minimum atomic E-state index is -0.0908. The average molecular weight is 391 g/mol. The van der Waals surface area contributed by atoms with Gasteiger partial charge in [-0.05, 0) is 44.4 Å². The normalized spacial score (nSPS) is 21.6. The molecule has 28 heavy (non-hydrogen) atoms. The van der Waals surface area contributed by atoms with Crippen molar-refractivity contribution in [3.63, 3.8) is 0 Å². The Labute approximate surface area is 168 Å². The fourth-order valence-electron chi connectivity index (χ4n) is 4.56. The van der Waals surface area contributed by atoms with E-state index in [4.69, 9.17) is 14.2 Å². The van der Waals surface area contributed by atoms with Crippen LogP contribution in [-0.2, 0) is 0 Å². The third kappa shape index (κ3) is 4.90. The Bertz CT molecular complexity index is 631. The van der Waals surface area contributed by atoms with Crippen LogP contribution in [0.1, 0.15) is 61.7 Å². The van der Waals surface area contributed by atoms with Crippen molar-refractivity contribution in [1.29, 1.82) is 0 Å². The molecule has 0 bridgehead atoms. The van der Waals surface area contributed by atoms with Gasteiger partial charge in [0.15, 0.2) is 11.5 Å². The fraction of sp³-hybridized carbons (Fsp3) is 0.682. The van der Waals surface area contributed by atoms with E-state index >= 15 is 0 Å². The molecule has 1 aliphatic heterocycles. The number of hydrogen-bond donors (Lipinski definition) is 1. The molecule has 1 N–H and O–H groups in total. The van der Waals surface area contributed by atoms with Crippen molar-refractivity contribution in [2.75, 3.05) is 34.4 Å². The lowest BCUT2D eigenvalue weighted by Crippen LogP contribution is -2.50. The summed E-state index contributed by atoms with van der Waals surface area (Å²) < 4.78 is 16.1. The van der Waals surface area contributed by atoms with Gasteiger partial charge < -0.3 is 19.5 Å². The number of carbonyl (C=O) groups excluding carboxylic acids is 1. The number of ether oxygens (including phenoxy) is 3. The highest BCUT2D eigenvalue weighted by atomic mass is 16.5. The minimum absolute atomic E-state index is 0.0908. The van der Waals surface area contributed by atoms with E-state index in [2.05, 4.69) is 10.2 Å². The van der Waals surface area contributed by atoms with Crippen LogP contribution in [0.2, 0.25) is 0 Å². The first-order valence-corrected chi connectivity index (χ1v) is 10.5. The Kier molecular flexibility index (Phi) is 7.43. The number of rotatable bonds is 6. The van der Waals surface area contributed by atoms with Crippen LogP contribution >= 0.6 is 0 Å². The highest BCUT2D eigenvalue weighted by Gasteiger charge is 2.28. The summed E-state index contributed by atoms with van der Waals surface area (Å²) in [5, 5.41) is 3.23. The molecule has 1 aromatic carbocycles. The first kappa shape index (κ1) is 20.8. The highest BCUT2D eigenvalue weighted by molar-refractivity contribution is 5.95. The van der Waals surface area contributed by atoms with Gasteiger partial charge in [-0.15, -0.1) is 0 Å². The zero-order valence-corrected chi connectivity index (χ0v) is 17.5. The molecule has 1 aliphatic carbocycles. The van der Waals surface area contributed by atoms with Gasteiger partial charge in [-0.3, -0.25) is 9.69 Å². The lowest BCUT2D eigenvalue weighted by Gasteiger charge is -2.38. The summed E-state index contributed by atoms with van der Waals surface area (Å²) in [5.41, 5.74) is 0.529. The Morgan fingerprint density at radius 1 is 0.929 bits per heavy atom. The molecule has 2 fully saturated rings. The molecule has 2 aliphatic rings. The van der Waals surface area contributed by atoms with E-state index in [0.29, 0.717) is 28.9 Å². The predicted octanol–water partition coefficient (Wildman–Crippen LogP) is 3.63. The molecule has 0 radical (unpaired) electrons. The van der Waals surface area contributed by atoms with Crippen molar-refractivity contribution in [2.24, 2.45) is 0 Å². The predicted molar refractivity (Wildman–Crippen MR) is 110 cm³/mol. The molecular formula is C22H34N2O4. The van der Waals surface area contributed by atoms with Crippen LogP contribution < -0.4 is 19.5 Å². The summed E-state index contributed by atoms with van der Waals surface area (Å²) in [6, 6.07) is 4.29. The minimum Gasteiger partial charge on any atom is -0.493 e. The summed E-state index contributed by atoms with van der Waals surface area (Å²) in [5.74, 6) is 1.40. The summed E-state index contributed by atoms with van der Waals surface area (Å²) >= 11 is 0. The second-order valence-corrected chi connectivity index (χ2v) is 7.87. The Balaban J connectivity index is 1.66. The molecule has 1 aromatic rings. The molecule has 1 amide bonds. The van der Waals surface area contributed by atoms with Crippen LogP contribution in [0.25, 0.3) is 0 Å². The Hall–Kier alpha value is -1.95. The molecule has 156 valence electrons. The molecule has 1 heterocycles. The van der Waals surface area contributed by atoms with Crippen LogP contribution in [0, 0.1) is 0 Å². The number of likely N-dealkylation sites (tertiary alicyclic amines) is 1. The van der Waals surface area contributed by atoms with E-state index in [-0.39, 0.29) is 11.9 Å². The van der Waals surface area contributed by atoms with Crippen molar-refractivity contribution < 1.29 is 19.0 Å². The number of nitrogens with one attached hydrogen (secondary N) is 1. The largest absolute Gasteiger partial charge is 0.493 e. The van der Waals surface area contributed by atoms with Gasteiger partial charge in [0.1, 0.15) is 0 Å². The van der Waals surface area contributed by atoms with Crippen molar-refractivity contribution >= 4 is 5.91 Å². The van der Waals surface area contributed by atoms with E-state index in [1.165, 1.54) is 38.5 Å². The molecule has 1 saturated carbocycles. The quantitative estimate of drug-likeness (QED) is 0.752. The number of carbonyl (C=O) groups is 1. The zero-order valence-electron chi connectivity index (χ0n) is 17.5. The first-order chi connectivity index (χ1) is 13.7. The molecule has 6 heteroatoms. The van der Waals surface area contributed by atoms with E-state index in [9.17, 15) is 4.79 Å². The van der Waals surface area contributed by atoms with Gasteiger partial charge in [0.05, 0.1) is 21.3 Å². The maximum Gasteiger partial charge on any atom is 0.251 e. The van der Waals surface area contributed by atoms with Crippen molar-refractivity contribution in [3.8, 4) is 17.2 Å². The van der Waals surface area contributed by atoms with E-state index in [1.807, 2.05) is 0 Å². The second-order valence-electron chi connectivity index (χ2n) is 7.87. The van der Waals surface area contributed by atoms with Crippen LogP contribution in [0.5, 0.6) is 17.2 Å². The molecule has 6 nitrogen and oxygen atoms in total. The van der Waals surface area contributed by atoms with Crippen molar-refractivity contribution in [3.05, 3.63) is 17.7 Å². The standard InChI is InChI=1S/C22H34N2O4/c1-26-19-13-16(14-20(27-2)21(19)28-3)22(25)23-17-9-8-12-24(15-17)18-10-6-4-5-7-11-18/h13-14,17-18H,4-12,15H2,1-3H3,(H,23,25)/t17-/m0/s1. The van der Waals surface area contributed by atoms with E-state index in [1.54, 1.807) is 33.5 Å². The molecule has 0 spiro atoms. The van der Waals surface area contributed by atoms with Gasteiger partial charge >= 0.3 is 0 Å². The van der Waals surface area contributed by atoms with Crippen LogP contribution in [-0.4, -0.2) is 57.3 Å². The Morgan fingerprint density at radius 3 is 2.14 bits per heavy atom. The second kappa shape index (κ2) is 10.0. The zero-order chi connectivity index (χ0) is 19.9. The third-order valence-electron chi connectivity index (χ3n) is 6.06. The average Bonchev–Trinajstić information content (AvgIpc) is 3.02. The molecular weight excluding hydrogens is 356 g/mol. The third-order valence-corrected chi connectivity index (χ3v) is 6.06. The van der Waals surface area contributed by atoms with Gasteiger partial charge in [0, 0.05) is 24.2 Å². The first-order valence-electron chi connectivity index (χ1n) is 10.5. The van der Waals surface area contributed by atoms with Gasteiger partial charge in [0.2, 0.25) is 5.75 Å². The lowest BCUT2D eigenvalue weighted by atomic mass is 9.99. The SMILES string of the molecule is COc1cc(C(=O)N[C@H]2CCCN(C3CCCCCC3)C2)cc(OC)c1OC. The monoisotopic (exact) mass is 390 g/mol. The lowest BCUT2D eigenvalue weighted by molar-refractivity contribution is 0.0860. The van der Waals surface area contributed by atoms with Gasteiger partial charge in [-0.1, -0.05) is 25.7 Å². The number of piperidine rings is 1. The number of methoxy groups -OCH3 is 3. The van der Waals surface area contributed by atoms with Crippen molar-refractivity contribution in [2.45, 2.75) is 63.5 Å². The van der Waals surface area contributed by atoms with Crippen LogP contribution in [0.3, 0.4) is 0 Å². The highest BCUT2D eigenvalue weighted by Crippen LogP contribution is 2.38. The summed E-state index contributed by atoms with van der Waals surface area (Å²) in [4.78, 5) is 15.5.